The lowest BCUT2D eigenvalue weighted by molar-refractivity contribution is 0.0526. The third kappa shape index (κ3) is 2.31. The van der Waals surface area contributed by atoms with Crippen LogP contribution in [0.3, 0.4) is 0 Å². The SMILES string of the molecule is CCOC(=O)c1ccc2c(c1)cc(CC)n2C(N)=O. The number of rotatable bonds is 3. The number of benzene rings is 1. The van der Waals surface area contributed by atoms with E-state index in [1.165, 1.54) is 4.57 Å². The fraction of sp³-hybridized carbons (Fsp3) is 0.286. The molecule has 1 heterocycles. The number of carbonyl (C=O) groups excluding carboxylic acids is 2. The van der Waals surface area contributed by atoms with Crippen molar-refractivity contribution in [1.82, 2.24) is 4.57 Å². The summed E-state index contributed by atoms with van der Waals surface area (Å²) in [5.74, 6) is -0.366. The molecule has 1 aromatic heterocycles. The molecule has 100 valence electrons. The van der Waals surface area contributed by atoms with Gasteiger partial charge in [-0.2, -0.15) is 0 Å². The van der Waals surface area contributed by atoms with Crippen molar-refractivity contribution in [2.45, 2.75) is 20.3 Å². The molecule has 0 atom stereocenters. The molecule has 2 aromatic rings. The first-order valence-electron chi connectivity index (χ1n) is 6.19. The van der Waals surface area contributed by atoms with E-state index in [9.17, 15) is 9.59 Å². The summed E-state index contributed by atoms with van der Waals surface area (Å²) < 4.78 is 6.41. The fourth-order valence-corrected chi connectivity index (χ4v) is 2.13. The van der Waals surface area contributed by atoms with Crippen LogP contribution in [0.5, 0.6) is 0 Å². The number of amides is 1. The van der Waals surface area contributed by atoms with Gasteiger partial charge in [-0.05, 0) is 37.6 Å². The molecule has 2 rings (SSSR count). The van der Waals surface area contributed by atoms with Gasteiger partial charge in [0.25, 0.3) is 0 Å². The van der Waals surface area contributed by atoms with E-state index in [-0.39, 0.29) is 5.97 Å². The van der Waals surface area contributed by atoms with E-state index in [4.69, 9.17) is 10.5 Å². The lowest BCUT2D eigenvalue weighted by Crippen LogP contribution is -2.21. The monoisotopic (exact) mass is 260 g/mol. The Morgan fingerprint density at radius 1 is 1.26 bits per heavy atom. The van der Waals surface area contributed by atoms with Gasteiger partial charge in [-0.3, -0.25) is 4.57 Å². The summed E-state index contributed by atoms with van der Waals surface area (Å²) in [6.45, 7) is 4.04. The number of carbonyl (C=O) groups is 2. The third-order valence-electron chi connectivity index (χ3n) is 2.97. The first kappa shape index (κ1) is 13.1. The van der Waals surface area contributed by atoms with Crippen LogP contribution in [-0.4, -0.2) is 23.2 Å². The molecule has 5 nitrogen and oxygen atoms in total. The van der Waals surface area contributed by atoms with Crippen LogP contribution in [0, 0.1) is 0 Å². The number of esters is 1. The maximum atomic E-state index is 11.7. The highest BCUT2D eigenvalue weighted by molar-refractivity contribution is 5.98. The van der Waals surface area contributed by atoms with Gasteiger partial charge in [-0.15, -0.1) is 0 Å². The zero-order chi connectivity index (χ0) is 14.0. The maximum absolute atomic E-state index is 11.7. The van der Waals surface area contributed by atoms with Crippen LogP contribution in [-0.2, 0) is 11.2 Å². The largest absolute Gasteiger partial charge is 0.462 e. The van der Waals surface area contributed by atoms with Crippen molar-refractivity contribution in [3.63, 3.8) is 0 Å². The highest BCUT2D eigenvalue weighted by atomic mass is 16.5. The Bertz CT molecular complexity index is 643. The van der Waals surface area contributed by atoms with E-state index in [0.717, 1.165) is 11.1 Å². The summed E-state index contributed by atoms with van der Waals surface area (Å²) in [6.07, 6.45) is 0.687. The van der Waals surface area contributed by atoms with Crippen molar-refractivity contribution in [3.8, 4) is 0 Å². The lowest BCUT2D eigenvalue weighted by atomic mass is 10.1. The zero-order valence-corrected chi connectivity index (χ0v) is 11.0. The molecule has 0 saturated carbocycles. The number of ether oxygens (including phenoxy) is 1. The average molecular weight is 260 g/mol. The molecule has 0 unspecified atom stereocenters. The number of nitrogens with two attached hydrogens (primary N) is 1. The van der Waals surface area contributed by atoms with Crippen molar-refractivity contribution in [2.75, 3.05) is 6.61 Å². The molecule has 0 fully saturated rings. The zero-order valence-electron chi connectivity index (χ0n) is 11.0. The van der Waals surface area contributed by atoms with Gasteiger partial charge in [0, 0.05) is 11.1 Å². The number of hydrogen-bond acceptors (Lipinski definition) is 3. The minimum Gasteiger partial charge on any atom is -0.462 e. The van der Waals surface area contributed by atoms with Crippen molar-refractivity contribution in [1.29, 1.82) is 0 Å². The van der Waals surface area contributed by atoms with E-state index in [2.05, 4.69) is 0 Å². The molecule has 0 radical (unpaired) electrons. The summed E-state index contributed by atoms with van der Waals surface area (Å²) >= 11 is 0. The lowest BCUT2D eigenvalue weighted by Gasteiger charge is -2.04. The number of aromatic nitrogens is 1. The van der Waals surface area contributed by atoms with Crippen LogP contribution in [0.15, 0.2) is 24.3 Å². The van der Waals surface area contributed by atoms with Gasteiger partial charge >= 0.3 is 12.0 Å². The normalized spacial score (nSPS) is 10.6. The standard InChI is InChI=1S/C14H16N2O3/c1-3-11-8-10-7-9(13(17)19-4-2)5-6-12(10)16(11)14(15)18/h5-8H,3-4H2,1-2H3,(H2,15,18). The van der Waals surface area contributed by atoms with Crippen LogP contribution in [0.1, 0.15) is 29.9 Å². The predicted octanol–water partition coefficient (Wildman–Crippen LogP) is 2.31. The molecule has 19 heavy (non-hydrogen) atoms. The van der Waals surface area contributed by atoms with Crippen molar-refractivity contribution in [3.05, 3.63) is 35.5 Å². The summed E-state index contributed by atoms with van der Waals surface area (Å²) in [5.41, 5.74) is 7.38. The molecule has 0 bridgehead atoms. The molecular formula is C14H16N2O3. The second-order valence-electron chi connectivity index (χ2n) is 4.16. The number of nitrogens with zero attached hydrogens (tertiary/aromatic N) is 1. The Morgan fingerprint density at radius 3 is 2.58 bits per heavy atom. The van der Waals surface area contributed by atoms with Crippen molar-refractivity contribution < 1.29 is 14.3 Å². The van der Waals surface area contributed by atoms with Crippen molar-refractivity contribution >= 4 is 22.9 Å². The number of primary amides is 1. The van der Waals surface area contributed by atoms with Crippen LogP contribution in [0.4, 0.5) is 4.79 Å². The van der Waals surface area contributed by atoms with E-state index in [0.29, 0.717) is 24.1 Å². The Labute approximate surface area is 110 Å². The molecular weight excluding hydrogens is 244 g/mol. The highest BCUT2D eigenvalue weighted by Crippen LogP contribution is 2.22. The van der Waals surface area contributed by atoms with Crippen LogP contribution in [0.25, 0.3) is 10.9 Å². The average Bonchev–Trinajstić information content (AvgIpc) is 2.76. The topological polar surface area (TPSA) is 74.3 Å². The Balaban J connectivity index is 2.56. The van der Waals surface area contributed by atoms with Gasteiger partial charge in [0.1, 0.15) is 0 Å². The minimum atomic E-state index is -0.518. The second kappa shape index (κ2) is 5.14. The van der Waals surface area contributed by atoms with E-state index >= 15 is 0 Å². The quantitative estimate of drug-likeness (QED) is 0.860. The Kier molecular flexibility index (Phi) is 3.55. The van der Waals surface area contributed by atoms with Gasteiger partial charge < -0.3 is 10.5 Å². The molecule has 0 aliphatic carbocycles. The molecule has 1 amide bonds. The second-order valence-corrected chi connectivity index (χ2v) is 4.16. The highest BCUT2D eigenvalue weighted by Gasteiger charge is 2.14. The first-order valence-corrected chi connectivity index (χ1v) is 6.19. The van der Waals surface area contributed by atoms with E-state index in [1.807, 2.05) is 13.0 Å². The van der Waals surface area contributed by atoms with Gasteiger partial charge in [-0.1, -0.05) is 6.92 Å². The third-order valence-corrected chi connectivity index (χ3v) is 2.97. The number of fused-ring (bicyclic) bond motifs is 1. The Hall–Kier alpha value is -2.30. The maximum Gasteiger partial charge on any atom is 0.338 e. The number of aryl methyl sites for hydroxylation is 1. The van der Waals surface area contributed by atoms with E-state index in [1.54, 1.807) is 25.1 Å². The summed E-state index contributed by atoms with van der Waals surface area (Å²) in [4.78, 5) is 23.1. The van der Waals surface area contributed by atoms with Crippen LogP contribution < -0.4 is 5.73 Å². The van der Waals surface area contributed by atoms with Crippen LogP contribution >= 0.6 is 0 Å². The molecule has 0 aliphatic heterocycles. The molecule has 0 aliphatic rings. The molecule has 1 aromatic carbocycles. The molecule has 0 saturated heterocycles. The minimum absolute atomic E-state index is 0.333. The van der Waals surface area contributed by atoms with Gasteiger partial charge in [0.15, 0.2) is 0 Å². The first-order chi connectivity index (χ1) is 9.08. The van der Waals surface area contributed by atoms with Crippen molar-refractivity contribution in [2.24, 2.45) is 5.73 Å². The molecule has 0 spiro atoms. The molecule has 5 heteroatoms. The summed E-state index contributed by atoms with van der Waals surface area (Å²) in [5, 5.41) is 0.807. The summed E-state index contributed by atoms with van der Waals surface area (Å²) in [7, 11) is 0. The Morgan fingerprint density at radius 2 is 2.00 bits per heavy atom. The fourth-order valence-electron chi connectivity index (χ4n) is 2.13. The predicted molar refractivity (Wildman–Crippen MR) is 72.3 cm³/mol. The smallest absolute Gasteiger partial charge is 0.338 e. The molecule has 2 N–H and O–H groups in total. The van der Waals surface area contributed by atoms with Gasteiger partial charge in [0.05, 0.1) is 17.7 Å². The number of hydrogen-bond donors (Lipinski definition) is 1. The van der Waals surface area contributed by atoms with Gasteiger partial charge in [0.2, 0.25) is 0 Å². The van der Waals surface area contributed by atoms with Gasteiger partial charge in [-0.25, -0.2) is 9.59 Å². The van der Waals surface area contributed by atoms with Crippen LogP contribution in [0.2, 0.25) is 0 Å². The summed E-state index contributed by atoms with van der Waals surface area (Å²) in [6, 6.07) is 6.41. The van der Waals surface area contributed by atoms with E-state index < -0.39 is 6.03 Å².